The van der Waals surface area contributed by atoms with E-state index < -0.39 is 11.6 Å². The van der Waals surface area contributed by atoms with Crippen LogP contribution in [0.3, 0.4) is 0 Å². The summed E-state index contributed by atoms with van der Waals surface area (Å²) in [7, 11) is 1.89. The summed E-state index contributed by atoms with van der Waals surface area (Å²) in [5.74, 6) is -0.399. The summed E-state index contributed by atoms with van der Waals surface area (Å²) >= 11 is 0. The van der Waals surface area contributed by atoms with Crippen LogP contribution in [0.15, 0.2) is 36.1 Å². The zero-order chi connectivity index (χ0) is 37.2. The van der Waals surface area contributed by atoms with Crippen molar-refractivity contribution in [3.05, 3.63) is 41.4 Å². The van der Waals surface area contributed by atoms with Gasteiger partial charge in [-0.2, -0.15) is 0 Å². The van der Waals surface area contributed by atoms with Crippen molar-refractivity contribution in [3.63, 3.8) is 0 Å². The fraction of sp³-hybridized carbons (Fsp3) is 0.737. The van der Waals surface area contributed by atoms with Gasteiger partial charge in [0.1, 0.15) is 23.1 Å². The van der Waals surface area contributed by atoms with Gasteiger partial charge >= 0.3 is 11.9 Å². The van der Waals surface area contributed by atoms with Crippen molar-refractivity contribution < 1.29 is 66.1 Å². The summed E-state index contributed by atoms with van der Waals surface area (Å²) in [6, 6.07) is -0.0284. The van der Waals surface area contributed by atoms with E-state index in [0.29, 0.717) is 25.4 Å². The molecule has 10 nitrogen and oxygen atoms in total. The van der Waals surface area contributed by atoms with Gasteiger partial charge < -0.3 is 35.0 Å². The first kappa shape index (κ1) is 51.5. The Hall–Kier alpha value is -1.88. The van der Waals surface area contributed by atoms with Crippen LogP contribution in [0.4, 0.5) is 0 Å². The van der Waals surface area contributed by atoms with Gasteiger partial charge in [0.25, 0.3) is 6.47 Å². The summed E-state index contributed by atoms with van der Waals surface area (Å²) in [4.78, 5) is 43.8. The number of allylic oxidation sites excluding steroid dienone is 3. The molecule has 2 unspecified atom stereocenters. The molecule has 0 aromatic heterocycles. The minimum Gasteiger partial charge on any atom is -0.658 e. The van der Waals surface area contributed by atoms with Gasteiger partial charge in [0.05, 0.1) is 6.04 Å². The predicted octanol–water partition coefficient (Wildman–Crippen LogP) is 7.66. The van der Waals surface area contributed by atoms with Crippen LogP contribution in [0.5, 0.6) is 0 Å². The number of unbranched alkanes of at least 4 members (excludes halogenated alkanes) is 2. The standard InChI is InChI=1S/C23H37N2O3.C10H21NO2.C5H10O2.Y/c1-19(25-21(18-26)14-15-22(27)28-23(2,3)4)11-7-6-10-16-24-17-20-12-8-5-9-13-20;1-8(11-5)6-7-9(12)13-10(2,3)4;1-5(2,3)7-4-6;/h8,12-13,18,21,25H,1,5-7,9-11,14-17H2,2-4H3;8,11H,6-7H2,1-5H3;4H,1-3H3;/q-1;;;. The fourth-order valence-electron chi connectivity index (χ4n) is 3.92. The largest absolute Gasteiger partial charge is 0.658 e. The first-order valence-corrected chi connectivity index (χ1v) is 17.3. The van der Waals surface area contributed by atoms with E-state index in [1.807, 2.05) is 76.3 Å². The smallest absolute Gasteiger partial charge is 0.306 e. The first-order valence-electron chi connectivity index (χ1n) is 17.3. The Morgan fingerprint density at radius 3 is 1.88 bits per heavy atom. The van der Waals surface area contributed by atoms with Crippen LogP contribution in [-0.2, 0) is 66.1 Å². The van der Waals surface area contributed by atoms with Crippen LogP contribution in [0, 0.1) is 0 Å². The van der Waals surface area contributed by atoms with Crippen LogP contribution in [-0.4, -0.2) is 73.7 Å². The van der Waals surface area contributed by atoms with Gasteiger partial charge in [-0.3, -0.25) is 14.4 Å². The molecule has 2 atom stereocenters. The molecule has 1 rings (SSSR count). The summed E-state index contributed by atoms with van der Waals surface area (Å²) in [5.41, 5.74) is 0.994. The minimum atomic E-state index is -0.499. The van der Waals surface area contributed by atoms with Gasteiger partial charge in [-0.05, 0) is 115 Å². The van der Waals surface area contributed by atoms with Crippen LogP contribution in [0.2, 0.25) is 0 Å². The van der Waals surface area contributed by atoms with Crippen LogP contribution < -0.4 is 10.6 Å². The Balaban J connectivity index is -0.000000832. The summed E-state index contributed by atoms with van der Waals surface area (Å²) in [6.07, 6.45) is 15.7. The normalized spacial score (nSPS) is 13.7. The van der Waals surface area contributed by atoms with Gasteiger partial charge in [-0.25, -0.2) is 0 Å². The number of hydrogen-bond donors (Lipinski definition) is 2. The zero-order valence-electron chi connectivity index (χ0n) is 32.6. The molecule has 0 aromatic rings. The molecule has 0 saturated heterocycles. The molecule has 0 amide bonds. The SMILES string of the molecule is C=C(CCCCC[N-]CC1=CCCC=C1)NC(C=O)CCC(=O)OC(C)(C)C.CC(C)(C)OC=O.CNC(C)CCC(=O)OC(C)(C)C.[Y]. The molecule has 0 bridgehead atoms. The van der Waals surface area contributed by atoms with E-state index >= 15 is 0 Å². The molecule has 1 radical (unpaired) electrons. The van der Waals surface area contributed by atoms with Crippen LogP contribution in [0.1, 0.15) is 133 Å². The van der Waals surface area contributed by atoms with Crippen LogP contribution in [0.25, 0.3) is 5.32 Å². The first-order chi connectivity index (χ1) is 22.2. The molecular formula is C38H68N3O7Y-. The maximum atomic E-state index is 11.8. The van der Waals surface area contributed by atoms with E-state index in [9.17, 15) is 19.2 Å². The van der Waals surface area contributed by atoms with Crippen LogP contribution >= 0.6 is 0 Å². The van der Waals surface area contributed by atoms with Crippen molar-refractivity contribution in [1.82, 2.24) is 10.6 Å². The number of esters is 2. The third-order valence-corrected chi connectivity index (χ3v) is 6.39. The molecule has 281 valence electrons. The average molecular weight is 768 g/mol. The second-order valence-electron chi connectivity index (χ2n) is 14.9. The summed E-state index contributed by atoms with van der Waals surface area (Å²) in [6.45, 7) is 24.8. The third-order valence-electron chi connectivity index (χ3n) is 6.39. The average Bonchev–Trinajstić information content (AvgIpc) is 2.96. The van der Waals surface area contributed by atoms with Gasteiger partial charge in [-0.1, -0.05) is 43.2 Å². The second kappa shape index (κ2) is 28.8. The second-order valence-corrected chi connectivity index (χ2v) is 14.9. The van der Waals surface area contributed by atoms with E-state index in [4.69, 9.17) is 9.47 Å². The Morgan fingerprint density at radius 2 is 1.45 bits per heavy atom. The van der Waals surface area contributed by atoms with Gasteiger partial charge in [0.2, 0.25) is 0 Å². The minimum absolute atomic E-state index is 0. The zero-order valence-corrected chi connectivity index (χ0v) is 35.5. The topological polar surface area (TPSA) is 134 Å². The number of hydrogen-bond acceptors (Lipinski definition) is 9. The Morgan fingerprint density at radius 1 is 0.878 bits per heavy atom. The van der Waals surface area contributed by atoms with Crippen molar-refractivity contribution in [2.45, 2.75) is 162 Å². The van der Waals surface area contributed by atoms with E-state index in [1.54, 1.807) is 0 Å². The maximum Gasteiger partial charge on any atom is 0.306 e. The quantitative estimate of drug-likeness (QED) is 0.0588. The molecule has 0 saturated carbocycles. The number of carbonyl (C=O) groups is 4. The van der Waals surface area contributed by atoms with E-state index in [2.05, 4.69) is 45.5 Å². The summed E-state index contributed by atoms with van der Waals surface area (Å²) < 4.78 is 15.0. The molecule has 0 aromatic carbocycles. The monoisotopic (exact) mass is 767 g/mol. The molecule has 11 heteroatoms. The molecule has 1 aliphatic carbocycles. The molecule has 49 heavy (non-hydrogen) atoms. The molecular weight excluding hydrogens is 699 g/mol. The Labute approximate surface area is 323 Å². The number of carbonyl (C=O) groups excluding carboxylic acids is 4. The van der Waals surface area contributed by atoms with Gasteiger partial charge in [0, 0.05) is 57.3 Å². The predicted molar refractivity (Wildman–Crippen MR) is 196 cm³/mol. The third kappa shape index (κ3) is 38.8. The number of rotatable bonds is 19. The molecule has 0 aliphatic heterocycles. The molecule has 0 spiro atoms. The number of nitrogens with one attached hydrogen (secondary N) is 2. The van der Waals surface area contributed by atoms with Gasteiger partial charge in [-0.15, -0.1) is 13.1 Å². The summed E-state index contributed by atoms with van der Waals surface area (Å²) in [5, 5.41) is 10.8. The Bertz CT molecular complexity index is 993. The Kier molecular flexibility index (Phi) is 30.2. The maximum absolute atomic E-state index is 11.8. The molecule has 1 aliphatic rings. The van der Waals surface area contributed by atoms with E-state index in [-0.39, 0.29) is 62.3 Å². The molecule has 2 N–H and O–H groups in total. The van der Waals surface area contributed by atoms with E-state index in [1.165, 1.54) is 5.57 Å². The van der Waals surface area contributed by atoms with Crippen molar-refractivity contribution in [1.29, 1.82) is 0 Å². The fourth-order valence-corrected chi connectivity index (χ4v) is 3.92. The number of ether oxygens (including phenoxy) is 3. The van der Waals surface area contributed by atoms with Crippen molar-refractivity contribution >= 4 is 24.7 Å². The molecule has 0 heterocycles. The number of aldehydes is 1. The van der Waals surface area contributed by atoms with Crippen molar-refractivity contribution in [2.75, 3.05) is 20.1 Å². The van der Waals surface area contributed by atoms with Gasteiger partial charge in [0.15, 0.2) is 0 Å². The van der Waals surface area contributed by atoms with E-state index in [0.717, 1.165) is 70.0 Å². The van der Waals surface area contributed by atoms with Crippen molar-refractivity contribution in [3.8, 4) is 0 Å². The van der Waals surface area contributed by atoms with Crippen molar-refractivity contribution in [2.24, 2.45) is 0 Å². The molecule has 0 fully saturated rings. The number of nitrogens with zero attached hydrogens (tertiary/aromatic N) is 1.